The molecule has 0 bridgehead atoms. The molecule has 6 heteroatoms. The summed E-state index contributed by atoms with van der Waals surface area (Å²) in [5, 5.41) is 6.15. The molecule has 1 amide bonds. The van der Waals surface area contributed by atoms with Crippen LogP contribution in [0.2, 0.25) is 0 Å². The normalized spacial score (nSPS) is 11.7. The molecular weight excluding hydrogens is 368 g/mol. The van der Waals surface area contributed by atoms with Crippen LogP contribution in [0.15, 0.2) is 71.3 Å². The maximum absolute atomic E-state index is 12.6. The number of nitrogens with one attached hydrogen (secondary N) is 2. The molecule has 1 unspecified atom stereocenters. The van der Waals surface area contributed by atoms with Gasteiger partial charge in [-0.1, -0.05) is 24.3 Å². The van der Waals surface area contributed by atoms with Crippen LogP contribution in [-0.4, -0.2) is 18.6 Å². The molecular formula is C23H26N2O4. The van der Waals surface area contributed by atoms with Crippen molar-refractivity contribution < 1.29 is 18.7 Å². The van der Waals surface area contributed by atoms with E-state index in [1.54, 1.807) is 6.26 Å². The van der Waals surface area contributed by atoms with Gasteiger partial charge in [-0.25, -0.2) is 0 Å². The van der Waals surface area contributed by atoms with E-state index in [1.165, 1.54) is 0 Å². The number of hydrogen-bond donors (Lipinski definition) is 2. The summed E-state index contributed by atoms with van der Waals surface area (Å²) >= 11 is 0. The van der Waals surface area contributed by atoms with E-state index in [9.17, 15) is 4.79 Å². The zero-order chi connectivity index (χ0) is 20.5. The zero-order valence-electron chi connectivity index (χ0n) is 16.7. The average Bonchev–Trinajstić information content (AvgIpc) is 3.23. The number of amides is 1. The molecule has 0 aliphatic heterocycles. The van der Waals surface area contributed by atoms with E-state index in [-0.39, 0.29) is 5.91 Å². The van der Waals surface area contributed by atoms with Gasteiger partial charge in [0.05, 0.1) is 25.2 Å². The van der Waals surface area contributed by atoms with Crippen molar-refractivity contribution in [1.82, 2.24) is 0 Å². The molecule has 0 fully saturated rings. The van der Waals surface area contributed by atoms with Crippen LogP contribution in [0.5, 0.6) is 5.75 Å². The SMILES string of the molecule is CCOc1ccccc1NC(=O)C(C)Nc1cccc(COCc2ccco2)c1. The fraction of sp³-hybridized carbons (Fsp3) is 0.261. The molecule has 1 atom stereocenters. The Labute approximate surface area is 170 Å². The molecule has 0 saturated heterocycles. The zero-order valence-corrected chi connectivity index (χ0v) is 16.7. The van der Waals surface area contributed by atoms with Gasteiger partial charge in [-0.15, -0.1) is 0 Å². The highest BCUT2D eigenvalue weighted by atomic mass is 16.5. The lowest BCUT2D eigenvalue weighted by molar-refractivity contribution is -0.116. The van der Waals surface area contributed by atoms with Crippen molar-refractivity contribution in [2.24, 2.45) is 0 Å². The molecule has 0 saturated carbocycles. The molecule has 2 N–H and O–H groups in total. The molecule has 29 heavy (non-hydrogen) atoms. The molecule has 152 valence electrons. The third-order valence-electron chi connectivity index (χ3n) is 4.24. The Bertz CT molecular complexity index is 909. The first-order valence-electron chi connectivity index (χ1n) is 9.64. The summed E-state index contributed by atoms with van der Waals surface area (Å²) in [5.74, 6) is 1.31. The molecule has 6 nitrogen and oxygen atoms in total. The lowest BCUT2D eigenvalue weighted by Gasteiger charge is -2.17. The Balaban J connectivity index is 1.54. The maximum Gasteiger partial charge on any atom is 0.246 e. The average molecular weight is 394 g/mol. The van der Waals surface area contributed by atoms with Crippen molar-refractivity contribution >= 4 is 17.3 Å². The highest BCUT2D eigenvalue weighted by Crippen LogP contribution is 2.24. The van der Waals surface area contributed by atoms with Crippen LogP contribution in [0.4, 0.5) is 11.4 Å². The monoisotopic (exact) mass is 394 g/mol. The Kier molecular flexibility index (Phi) is 7.30. The molecule has 0 spiro atoms. The van der Waals surface area contributed by atoms with E-state index in [4.69, 9.17) is 13.9 Å². The summed E-state index contributed by atoms with van der Waals surface area (Å²) in [5.41, 5.74) is 2.52. The molecule has 2 aromatic carbocycles. The van der Waals surface area contributed by atoms with Gasteiger partial charge in [0.15, 0.2) is 0 Å². The molecule has 3 rings (SSSR count). The third-order valence-corrected chi connectivity index (χ3v) is 4.24. The van der Waals surface area contributed by atoms with Crippen LogP contribution >= 0.6 is 0 Å². The van der Waals surface area contributed by atoms with Gasteiger partial charge in [0.25, 0.3) is 0 Å². The summed E-state index contributed by atoms with van der Waals surface area (Å²) in [6.45, 7) is 5.14. The standard InChI is InChI=1S/C23H26N2O4/c1-3-28-22-12-5-4-11-21(22)25-23(26)17(2)24-19-9-6-8-18(14-19)15-27-16-20-10-7-13-29-20/h4-14,17,24H,3,15-16H2,1-2H3,(H,25,26). The first-order chi connectivity index (χ1) is 14.2. The van der Waals surface area contributed by atoms with Crippen LogP contribution in [0.1, 0.15) is 25.2 Å². The number of benzene rings is 2. The van der Waals surface area contributed by atoms with Gasteiger partial charge in [-0.05, 0) is 55.8 Å². The van der Waals surface area contributed by atoms with Crippen molar-refractivity contribution in [3.63, 3.8) is 0 Å². The van der Waals surface area contributed by atoms with Gasteiger partial charge < -0.3 is 24.5 Å². The second kappa shape index (κ2) is 10.3. The lowest BCUT2D eigenvalue weighted by atomic mass is 10.2. The van der Waals surface area contributed by atoms with Gasteiger partial charge in [0, 0.05) is 5.69 Å². The van der Waals surface area contributed by atoms with Gasteiger partial charge >= 0.3 is 0 Å². The van der Waals surface area contributed by atoms with Gasteiger partial charge in [0.1, 0.15) is 24.2 Å². The van der Waals surface area contributed by atoms with Crippen LogP contribution in [0, 0.1) is 0 Å². The number of rotatable bonds is 10. The smallest absolute Gasteiger partial charge is 0.246 e. The predicted octanol–water partition coefficient (Wildman–Crippen LogP) is 4.83. The molecule has 0 aliphatic rings. The third kappa shape index (κ3) is 6.12. The molecule has 0 radical (unpaired) electrons. The van der Waals surface area contributed by atoms with Crippen molar-refractivity contribution in [2.45, 2.75) is 33.1 Å². The molecule has 1 heterocycles. The van der Waals surface area contributed by atoms with Gasteiger partial charge in [-0.2, -0.15) is 0 Å². The van der Waals surface area contributed by atoms with Crippen molar-refractivity contribution in [3.8, 4) is 5.75 Å². The summed E-state index contributed by atoms with van der Waals surface area (Å²) in [6.07, 6.45) is 1.63. The Hall–Kier alpha value is -3.25. The summed E-state index contributed by atoms with van der Waals surface area (Å²) < 4.78 is 16.5. The van der Waals surface area contributed by atoms with Crippen LogP contribution < -0.4 is 15.4 Å². The fourth-order valence-corrected chi connectivity index (χ4v) is 2.82. The van der Waals surface area contributed by atoms with Crippen molar-refractivity contribution in [3.05, 3.63) is 78.3 Å². The van der Waals surface area contributed by atoms with E-state index >= 15 is 0 Å². The fourth-order valence-electron chi connectivity index (χ4n) is 2.82. The van der Waals surface area contributed by atoms with Gasteiger partial charge in [-0.3, -0.25) is 4.79 Å². The number of carbonyl (C=O) groups excluding carboxylic acids is 1. The highest BCUT2D eigenvalue weighted by Gasteiger charge is 2.15. The number of carbonyl (C=O) groups is 1. The second-order valence-corrected chi connectivity index (χ2v) is 6.56. The minimum atomic E-state index is -0.427. The number of furan rings is 1. The van der Waals surface area contributed by atoms with E-state index in [0.717, 1.165) is 17.0 Å². The van der Waals surface area contributed by atoms with Gasteiger partial charge in [0.2, 0.25) is 5.91 Å². The Morgan fingerprint density at radius 3 is 2.72 bits per heavy atom. The van der Waals surface area contributed by atoms with E-state index < -0.39 is 6.04 Å². The summed E-state index contributed by atoms with van der Waals surface area (Å²) in [7, 11) is 0. The molecule has 0 aliphatic carbocycles. The van der Waals surface area contributed by atoms with Crippen LogP contribution in [0.25, 0.3) is 0 Å². The number of ether oxygens (including phenoxy) is 2. The van der Waals surface area contributed by atoms with E-state index in [0.29, 0.717) is 31.3 Å². The lowest BCUT2D eigenvalue weighted by Crippen LogP contribution is -2.32. The first-order valence-corrected chi connectivity index (χ1v) is 9.64. The van der Waals surface area contributed by atoms with Crippen LogP contribution in [-0.2, 0) is 22.7 Å². The number of para-hydroxylation sites is 2. The minimum Gasteiger partial charge on any atom is -0.492 e. The second-order valence-electron chi connectivity index (χ2n) is 6.56. The van der Waals surface area contributed by atoms with Crippen LogP contribution in [0.3, 0.4) is 0 Å². The number of hydrogen-bond acceptors (Lipinski definition) is 5. The minimum absolute atomic E-state index is 0.142. The first kappa shape index (κ1) is 20.5. The summed E-state index contributed by atoms with van der Waals surface area (Å²) in [4.78, 5) is 12.6. The van der Waals surface area contributed by atoms with E-state index in [2.05, 4.69) is 10.6 Å². The predicted molar refractivity (Wildman–Crippen MR) is 113 cm³/mol. The summed E-state index contributed by atoms with van der Waals surface area (Å²) in [6, 6.07) is 18.5. The molecule has 1 aromatic heterocycles. The largest absolute Gasteiger partial charge is 0.492 e. The molecule has 3 aromatic rings. The maximum atomic E-state index is 12.6. The Morgan fingerprint density at radius 2 is 1.93 bits per heavy atom. The topological polar surface area (TPSA) is 72.7 Å². The quantitative estimate of drug-likeness (QED) is 0.515. The van der Waals surface area contributed by atoms with E-state index in [1.807, 2.05) is 74.5 Å². The highest BCUT2D eigenvalue weighted by molar-refractivity contribution is 5.97. The number of anilines is 2. The Morgan fingerprint density at radius 1 is 1.07 bits per heavy atom. The van der Waals surface area contributed by atoms with Crippen molar-refractivity contribution in [1.29, 1.82) is 0 Å². The van der Waals surface area contributed by atoms with Crippen molar-refractivity contribution in [2.75, 3.05) is 17.2 Å².